The number of amides is 1. The van der Waals surface area contributed by atoms with Crippen LogP contribution < -0.4 is 15.5 Å². The SMILES string of the molecule is C[C@@H](Nc1nc(C(=N)NC(=O)O)nc2nc(N3CCOC[C@H]3c3ccccc3)n(Cc3ccc(Cl)c(F)c3)c12)C1CCC1. The van der Waals surface area contributed by atoms with Gasteiger partial charge in [0, 0.05) is 12.6 Å². The number of benzene rings is 2. The van der Waals surface area contributed by atoms with Gasteiger partial charge in [0.1, 0.15) is 11.3 Å². The Hall–Kier alpha value is -4.29. The predicted molar refractivity (Wildman–Crippen MR) is 162 cm³/mol. The van der Waals surface area contributed by atoms with Gasteiger partial charge in [0.15, 0.2) is 23.1 Å². The standard InChI is InChI=1S/C30H32ClFN8O3/c1-17(19-8-5-9-19)34-26-24-27(37-28(36-26)25(33)35-30(41)42)38-29(40(24)15-18-10-11-21(31)22(32)14-18)39-12-13-43-16-23(39)20-6-3-2-4-7-20/h2-4,6-7,10-11,14,17,19,23H,5,8-9,12-13,15-16H2,1H3,(H2,33,35)(H,41,42)(H,34,36,37)/t17-,23+/m1/s1. The van der Waals surface area contributed by atoms with Gasteiger partial charge in [-0.25, -0.2) is 19.2 Å². The fourth-order valence-corrected chi connectivity index (χ4v) is 5.77. The molecule has 1 aliphatic carbocycles. The molecular formula is C30H32ClFN8O3. The first kappa shape index (κ1) is 28.8. The molecule has 4 N–H and O–H groups in total. The Morgan fingerprint density at radius 1 is 1.21 bits per heavy atom. The number of amidine groups is 1. The number of hydrogen-bond acceptors (Lipinski definition) is 8. The van der Waals surface area contributed by atoms with Crippen molar-refractivity contribution in [1.82, 2.24) is 24.8 Å². The summed E-state index contributed by atoms with van der Waals surface area (Å²) in [6.45, 7) is 3.78. The van der Waals surface area contributed by atoms with Crippen LogP contribution in [-0.2, 0) is 11.3 Å². The first-order valence-corrected chi connectivity index (χ1v) is 14.6. The van der Waals surface area contributed by atoms with Crippen LogP contribution in [-0.4, -0.2) is 62.4 Å². The molecule has 0 radical (unpaired) electrons. The molecule has 0 unspecified atom stereocenters. The summed E-state index contributed by atoms with van der Waals surface area (Å²) < 4.78 is 22.4. The molecule has 224 valence electrons. The highest BCUT2D eigenvalue weighted by Crippen LogP contribution is 2.36. The van der Waals surface area contributed by atoms with Gasteiger partial charge < -0.3 is 24.6 Å². The van der Waals surface area contributed by atoms with Crippen molar-refractivity contribution >= 4 is 46.5 Å². The molecule has 3 heterocycles. The van der Waals surface area contributed by atoms with E-state index in [2.05, 4.69) is 27.1 Å². The zero-order valence-corrected chi connectivity index (χ0v) is 24.3. The van der Waals surface area contributed by atoms with E-state index in [9.17, 15) is 14.3 Å². The molecule has 1 amide bonds. The summed E-state index contributed by atoms with van der Waals surface area (Å²) in [5.41, 5.74) is 2.57. The van der Waals surface area contributed by atoms with Gasteiger partial charge in [0.25, 0.3) is 0 Å². The Bertz CT molecular complexity index is 1660. The summed E-state index contributed by atoms with van der Waals surface area (Å²) >= 11 is 6.00. The number of nitrogens with zero attached hydrogens (tertiary/aromatic N) is 5. The van der Waals surface area contributed by atoms with Crippen molar-refractivity contribution < 1.29 is 19.0 Å². The molecule has 1 aliphatic heterocycles. The van der Waals surface area contributed by atoms with Gasteiger partial charge in [-0.05, 0) is 48.9 Å². The smallest absolute Gasteiger partial charge is 0.410 e. The first-order valence-electron chi connectivity index (χ1n) is 14.3. The van der Waals surface area contributed by atoms with Crippen LogP contribution in [0.1, 0.15) is 49.2 Å². The summed E-state index contributed by atoms with van der Waals surface area (Å²) in [6, 6.07) is 14.6. The third-order valence-corrected chi connectivity index (χ3v) is 8.46. The molecule has 11 nitrogen and oxygen atoms in total. The van der Waals surface area contributed by atoms with E-state index in [0.717, 1.165) is 24.8 Å². The van der Waals surface area contributed by atoms with Crippen molar-refractivity contribution in [2.24, 2.45) is 5.92 Å². The second-order valence-electron chi connectivity index (χ2n) is 10.9. The van der Waals surface area contributed by atoms with Crippen molar-refractivity contribution in [3.05, 3.63) is 76.3 Å². The number of carboxylic acid groups (broad SMARTS) is 1. The largest absolute Gasteiger partial charge is 0.465 e. The lowest BCUT2D eigenvalue weighted by Gasteiger charge is -2.37. The Morgan fingerprint density at radius 2 is 2.00 bits per heavy atom. The highest BCUT2D eigenvalue weighted by molar-refractivity contribution is 6.30. The number of carbonyl (C=O) groups is 1. The van der Waals surface area contributed by atoms with Crippen LogP contribution in [0.15, 0.2) is 48.5 Å². The molecule has 4 aromatic rings. The Labute approximate surface area is 252 Å². The van der Waals surface area contributed by atoms with E-state index >= 15 is 0 Å². The van der Waals surface area contributed by atoms with Crippen LogP contribution in [0.4, 0.5) is 21.0 Å². The van der Waals surface area contributed by atoms with Crippen LogP contribution in [0.3, 0.4) is 0 Å². The van der Waals surface area contributed by atoms with E-state index in [1.54, 1.807) is 6.07 Å². The number of fused-ring (bicyclic) bond motifs is 1. The molecular weight excluding hydrogens is 575 g/mol. The van der Waals surface area contributed by atoms with Crippen LogP contribution in [0.2, 0.25) is 5.02 Å². The van der Waals surface area contributed by atoms with E-state index in [1.807, 2.05) is 40.2 Å². The minimum absolute atomic E-state index is 0.0332. The average Bonchev–Trinajstić information content (AvgIpc) is 3.32. The van der Waals surface area contributed by atoms with E-state index in [1.165, 1.54) is 12.1 Å². The third kappa shape index (κ3) is 5.98. The normalized spacial score (nSPS) is 17.8. The van der Waals surface area contributed by atoms with Crippen LogP contribution in [0.5, 0.6) is 0 Å². The fourth-order valence-electron chi connectivity index (χ4n) is 5.66. The molecule has 1 saturated heterocycles. The van der Waals surface area contributed by atoms with Gasteiger partial charge in [0.2, 0.25) is 5.95 Å². The molecule has 1 saturated carbocycles. The molecule has 6 rings (SSSR count). The highest BCUT2D eigenvalue weighted by atomic mass is 35.5. The summed E-state index contributed by atoms with van der Waals surface area (Å²) in [5, 5.41) is 23.2. The van der Waals surface area contributed by atoms with Crippen LogP contribution >= 0.6 is 11.6 Å². The molecule has 43 heavy (non-hydrogen) atoms. The first-order chi connectivity index (χ1) is 20.8. The zero-order valence-electron chi connectivity index (χ0n) is 23.6. The van der Waals surface area contributed by atoms with Crippen LogP contribution in [0.25, 0.3) is 11.2 Å². The summed E-state index contributed by atoms with van der Waals surface area (Å²) in [6.07, 6.45) is 1.96. The number of imidazole rings is 1. The van der Waals surface area contributed by atoms with Gasteiger partial charge in [-0.3, -0.25) is 10.7 Å². The quantitative estimate of drug-likeness (QED) is 0.153. The third-order valence-electron chi connectivity index (χ3n) is 8.15. The highest BCUT2D eigenvalue weighted by Gasteiger charge is 2.32. The average molecular weight is 607 g/mol. The van der Waals surface area contributed by atoms with E-state index < -0.39 is 17.7 Å². The monoisotopic (exact) mass is 606 g/mol. The lowest BCUT2D eigenvalue weighted by Crippen LogP contribution is -2.41. The molecule has 2 aromatic carbocycles. The van der Waals surface area contributed by atoms with Gasteiger partial charge in [-0.15, -0.1) is 0 Å². The second-order valence-corrected chi connectivity index (χ2v) is 11.3. The molecule has 0 spiro atoms. The summed E-state index contributed by atoms with van der Waals surface area (Å²) in [4.78, 5) is 27.6. The number of halogens is 2. The van der Waals surface area contributed by atoms with E-state index in [4.69, 9.17) is 26.7 Å². The predicted octanol–water partition coefficient (Wildman–Crippen LogP) is 5.44. The van der Waals surface area contributed by atoms with Gasteiger partial charge >= 0.3 is 6.09 Å². The number of anilines is 2. The number of ether oxygens (including phenoxy) is 1. The lowest BCUT2D eigenvalue weighted by molar-refractivity contribution is 0.0930. The topological polar surface area (TPSA) is 141 Å². The van der Waals surface area contributed by atoms with Gasteiger partial charge in [0.05, 0.1) is 30.8 Å². The maximum absolute atomic E-state index is 14.6. The summed E-state index contributed by atoms with van der Waals surface area (Å²) in [7, 11) is 0. The fraction of sp³-hybridized carbons (Fsp3) is 0.367. The van der Waals surface area contributed by atoms with E-state index in [0.29, 0.717) is 48.5 Å². The second kappa shape index (κ2) is 12.1. The van der Waals surface area contributed by atoms with Crippen molar-refractivity contribution in [1.29, 1.82) is 5.41 Å². The lowest BCUT2D eigenvalue weighted by atomic mass is 9.80. The van der Waals surface area contributed by atoms with Crippen molar-refractivity contribution in [3.8, 4) is 0 Å². The Kier molecular flexibility index (Phi) is 8.13. The minimum Gasteiger partial charge on any atom is -0.465 e. The maximum atomic E-state index is 14.6. The van der Waals surface area contributed by atoms with Gasteiger partial charge in [-0.1, -0.05) is 54.4 Å². The zero-order chi connectivity index (χ0) is 30.1. The maximum Gasteiger partial charge on any atom is 0.410 e. The Balaban J connectivity index is 1.54. The van der Waals surface area contributed by atoms with Gasteiger partial charge in [-0.2, -0.15) is 4.98 Å². The molecule has 2 aromatic heterocycles. The molecule has 2 fully saturated rings. The Morgan fingerprint density at radius 3 is 2.70 bits per heavy atom. The van der Waals surface area contributed by atoms with Crippen LogP contribution in [0, 0.1) is 17.1 Å². The molecule has 0 bridgehead atoms. The number of rotatable bonds is 8. The van der Waals surface area contributed by atoms with Crippen molar-refractivity contribution in [2.45, 2.75) is 44.8 Å². The van der Waals surface area contributed by atoms with E-state index in [-0.39, 0.29) is 35.1 Å². The number of hydrogen-bond donors (Lipinski definition) is 4. The minimum atomic E-state index is -1.39. The van der Waals surface area contributed by atoms with Crippen molar-refractivity contribution in [2.75, 3.05) is 30.0 Å². The number of nitrogens with one attached hydrogen (secondary N) is 3. The number of morpholine rings is 1. The molecule has 2 aliphatic rings. The summed E-state index contributed by atoms with van der Waals surface area (Å²) in [5.74, 6) is 0.363. The molecule has 2 atom stereocenters. The van der Waals surface area contributed by atoms with Crippen molar-refractivity contribution in [3.63, 3.8) is 0 Å². The number of aromatic nitrogens is 4. The molecule has 13 heteroatoms.